The summed E-state index contributed by atoms with van der Waals surface area (Å²) in [6, 6.07) is 4.99. The van der Waals surface area contributed by atoms with Gasteiger partial charge in [-0.1, -0.05) is 34.1 Å². The summed E-state index contributed by atoms with van der Waals surface area (Å²) in [6.45, 7) is 14.0. The molecule has 0 amide bonds. The van der Waals surface area contributed by atoms with Gasteiger partial charge < -0.3 is 10.2 Å². The molecule has 1 aromatic heterocycles. The van der Waals surface area contributed by atoms with Crippen molar-refractivity contribution in [2.75, 3.05) is 18.0 Å². The maximum atomic E-state index is 4.80. The van der Waals surface area contributed by atoms with Gasteiger partial charge in [0.2, 0.25) is 0 Å². The average molecular weight is 277 g/mol. The lowest BCUT2D eigenvalue weighted by atomic mass is 10.1. The highest BCUT2D eigenvalue weighted by Gasteiger charge is 2.08. The van der Waals surface area contributed by atoms with Gasteiger partial charge in [-0.25, -0.2) is 4.98 Å². The molecule has 0 saturated carbocycles. The Balaban J connectivity index is 2.89. The van der Waals surface area contributed by atoms with Crippen LogP contribution in [0.25, 0.3) is 0 Å². The molecule has 1 N–H and O–H groups in total. The zero-order valence-corrected chi connectivity index (χ0v) is 13.9. The number of aromatic nitrogens is 1. The average Bonchev–Trinajstić information content (AvgIpc) is 2.45. The predicted octanol–water partition coefficient (Wildman–Crippen LogP) is 3.77. The van der Waals surface area contributed by atoms with E-state index in [1.807, 2.05) is 0 Å². The fourth-order valence-electron chi connectivity index (χ4n) is 2.18. The number of unbranched alkanes of at least 4 members (excludes halogenated alkanes) is 1. The topological polar surface area (TPSA) is 28.2 Å². The van der Waals surface area contributed by atoms with Gasteiger partial charge in [0.1, 0.15) is 5.82 Å². The Morgan fingerprint density at radius 1 is 1.20 bits per heavy atom. The van der Waals surface area contributed by atoms with Crippen molar-refractivity contribution in [2.24, 2.45) is 0 Å². The number of hydrogen-bond acceptors (Lipinski definition) is 3. The summed E-state index contributed by atoms with van der Waals surface area (Å²) in [5.74, 6) is 1.14. The van der Waals surface area contributed by atoms with Crippen molar-refractivity contribution in [3.63, 3.8) is 0 Å². The van der Waals surface area contributed by atoms with Crippen LogP contribution in [0.5, 0.6) is 0 Å². The number of nitrogens with zero attached hydrogens (tertiary/aromatic N) is 2. The number of nitrogens with one attached hydrogen (secondary N) is 1. The summed E-state index contributed by atoms with van der Waals surface area (Å²) in [6.07, 6.45) is 3.45. The summed E-state index contributed by atoms with van der Waals surface area (Å²) in [5, 5.41) is 3.49. The molecule has 1 rings (SSSR count). The van der Waals surface area contributed by atoms with Gasteiger partial charge in [-0.3, -0.25) is 0 Å². The summed E-state index contributed by atoms with van der Waals surface area (Å²) in [7, 11) is 0. The second-order valence-electron chi connectivity index (χ2n) is 5.65. The standard InChI is InChI=1S/C17H31N3/c1-6-9-10-20(8-3)17-12-15(13-18-14(4)5)11-16(7-2)19-17/h11-12,14,18H,6-10,13H2,1-5H3. The maximum absolute atomic E-state index is 4.80. The van der Waals surface area contributed by atoms with Crippen molar-refractivity contribution in [3.05, 3.63) is 23.4 Å². The van der Waals surface area contributed by atoms with E-state index in [4.69, 9.17) is 4.98 Å². The molecule has 0 fully saturated rings. The molecule has 114 valence electrons. The molecule has 0 aliphatic rings. The van der Waals surface area contributed by atoms with Crippen LogP contribution in [-0.2, 0) is 13.0 Å². The van der Waals surface area contributed by atoms with E-state index < -0.39 is 0 Å². The molecule has 0 aliphatic carbocycles. The van der Waals surface area contributed by atoms with Crippen LogP contribution in [0.2, 0.25) is 0 Å². The van der Waals surface area contributed by atoms with Crippen LogP contribution < -0.4 is 10.2 Å². The number of rotatable bonds is 9. The van der Waals surface area contributed by atoms with Gasteiger partial charge in [0.05, 0.1) is 0 Å². The van der Waals surface area contributed by atoms with E-state index in [-0.39, 0.29) is 0 Å². The minimum absolute atomic E-state index is 0.513. The maximum Gasteiger partial charge on any atom is 0.129 e. The van der Waals surface area contributed by atoms with Crippen LogP contribution in [0, 0.1) is 0 Å². The van der Waals surface area contributed by atoms with Gasteiger partial charge in [0, 0.05) is 31.4 Å². The molecule has 3 nitrogen and oxygen atoms in total. The molecule has 0 aromatic carbocycles. The van der Waals surface area contributed by atoms with Gasteiger partial charge in [-0.05, 0) is 37.5 Å². The number of pyridine rings is 1. The molecular formula is C17H31N3. The van der Waals surface area contributed by atoms with Crippen molar-refractivity contribution < 1.29 is 0 Å². The summed E-state index contributed by atoms with van der Waals surface area (Å²) in [4.78, 5) is 7.19. The van der Waals surface area contributed by atoms with E-state index in [2.05, 4.69) is 57.0 Å². The molecule has 0 atom stereocenters. The fourth-order valence-corrected chi connectivity index (χ4v) is 2.18. The molecule has 0 aliphatic heterocycles. The molecule has 0 saturated heterocycles. The number of aryl methyl sites for hydroxylation is 1. The second-order valence-corrected chi connectivity index (χ2v) is 5.65. The normalized spacial score (nSPS) is 11.1. The van der Waals surface area contributed by atoms with E-state index in [1.165, 1.54) is 24.1 Å². The van der Waals surface area contributed by atoms with Crippen molar-refractivity contribution in [3.8, 4) is 0 Å². The van der Waals surface area contributed by atoms with Crippen LogP contribution in [0.3, 0.4) is 0 Å². The zero-order chi connectivity index (χ0) is 15.0. The molecular weight excluding hydrogens is 246 g/mol. The van der Waals surface area contributed by atoms with Gasteiger partial charge in [0.15, 0.2) is 0 Å². The lowest BCUT2D eigenvalue weighted by Crippen LogP contribution is -2.26. The molecule has 1 heterocycles. The van der Waals surface area contributed by atoms with E-state index in [1.54, 1.807) is 0 Å². The quantitative estimate of drug-likeness (QED) is 0.745. The van der Waals surface area contributed by atoms with Crippen molar-refractivity contribution >= 4 is 5.82 Å². The third-order valence-corrected chi connectivity index (χ3v) is 3.49. The Hall–Kier alpha value is -1.09. The molecule has 1 aromatic rings. The number of anilines is 1. The molecule has 0 spiro atoms. The lowest BCUT2D eigenvalue weighted by molar-refractivity contribution is 0.588. The zero-order valence-electron chi connectivity index (χ0n) is 13.9. The van der Waals surface area contributed by atoms with Crippen LogP contribution in [0.4, 0.5) is 5.82 Å². The first kappa shape index (κ1) is 17.0. The summed E-state index contributed by atoms with van der Waals surface area (Å²) < 4.78 is 0. The van der Waals surface area contributed by atoms with E-state index in [9.17, 15) is 0 Å². The van der Waals surface area contributed by atoms with Crippen molar-refractivity contribution in [1.29, 1.82) is 0 Å². The SMILES string of the molecule is CCCCN(CC)c1cc(CNC(C)C)cc(CC)n1. The van der Waals surface area contributed by atoms with Gasteiger partial charge >= 0.3 is 0 Å². The van der Waals surface area contributed by atoms with Crippen molar-refractivity contribution in [2.45, 2.75) is 66.5 Å². The Bertz CT molecular complexity index is 388. The highest BCUT2D eigenvalue weighted by molar-refractivity contribution is 5.42. The fraction of sp³-hybridized carbons (Fsp3) is 0.706. The van der Waals surface area contributed by atoms with E-state index >= 15 is 0 Å². The lowest BCUT2D eigenvalue weighted by Gasteiger charge is -2.23. The first-order valence-corrected chi connectivity index (χ1v) is 8.08. The van der Waals surface area contributed by atoms with Gasteiger partial charge in [-0.15, -0.1) is 0 Å². The molecule has 0 bridgehead atoms. The van der Waals surface area contributed by atoms with E-state index in [0.717, 1.165) is 31.9 Å². The van der Waals surface area contributed by atoms with Crippen molar-refractivity contribution in [1.82, 2.24) is 10.3 Å². The van der Waals surface area contributed by atoms with Crippen LogP contribution in [0.1, 0.15) is 58.7 Å². The highest BCUT2D eigenvalue weighted by atomic mass is 15.2. The molecule has 0 radical (unpaired) electrons. The van der Waals surface area contributed by atoms with Crippen LogP contribution in [-0.4, -0.2) is 24.1 Å². The third-order valence-electron chi connectivity index (χ3n) is 3.49. The van der Waals surface area contributed by atoms with Gasteiger partial charge in [0.25, 0.3) is 0 Å². The van der Waals surface area contributed by atoms with Crippen LogP contribution >= 0.6 is 0 Å². The first-order chi connectivity index (χ1) is 9.60. The largest absolute Gasteiger partial charge is 0.357 e. The molecule has 20 heavy (non-hydrogen) atoms. The minimum Gasteiger partial charge on any atom is -0.357 e. The summed E-state index contributed by atoms with van der Waals surface area (Å²) in [5.41, 5.74) is 2.54. The van der Waals surface area contributed by atoms with Gasteiger partial charge in [-0.2, -0.15) is 0 Å². The smallest absolute Gasteiger partial charge is 0.129 e. The highest BCUT2D eigenvalue weighted by Crippen LogP contribution is 2.16. The Kier molecular flexibility index (Phi) is 7.60. The predicted molar refractivity (Wildman–Crippen MR) is 88.4 cm³/mol. The Labute approximate surface area is 124 Å². The number of hydrogen-bond donors (Lipinski definition) is 1. The Morgan fingerprint density at radius 3 is 2.50 bits per heavy atom. The summed E-state index contributed by atoms with van der Waals surface area (Å²) >= 11 is 0. The second kappa shape index (κ2) is 8.96. The minimum atomic E-state index is 0.513. The van der Waals surface area contributed by atoms with E-state index in [0.29, 0.717) is 6.04 Å². The third kappa shape index (κ3) is 5.49. The monoisotopic (exact) mass is 277 g/mol. The Morgan fingerprint density at radius 2 is 1.95 bits per heavy atom. The van der Waals surface area contributed by atoms with Crippen LogP contribution in [0.15, 0.2) is 12.1 Å². The first-order valence-electron chi connectivity index (χ1n) is 8.08. The molecule has 3 heteroatoms. The molecule has 0 unspecified atom stereocenters.